The molecule has 0 aromatic heterocycles. The summed E-state index contributed by atoms with van der Waals surface area (Å²) in [5, 5.41) is 17.2. The van der Waals surface area contributed by atoms with E-state index in [1.165, 1.54) is 0 Å². The molecule has 0 saturated heterocycles. The number of allylic oxidation sites excluding steroid dienone is 1. The van der Waals surface area contributed by atoms with Crippen LogP contribution in [0.1, 0.15) is 20.3 Å². The highest BCUT2D eigenvalue weighted by atomic mass is 16.3. The monoisotopic (exact) mass is 116 g/mol. The summed E-state index contributed by atoms with van der Waals surface area (Å²) in [4.78, 5) is 0. The van der Waals surface area contributed by atoms with Gasteiger partial charge in [0.15, 0.2) is 0 Å². The number of rotatable bonds is 2. The molecule has 48 valence electrons. The molecule has 0 aromatic carbocycles. The van der Waals surface area contributed by atoms with Gasteiger partial charge in [-0.15, -0.1) is 0 Å². The van der Waals surface area contributed by atoms with E-state index in [0.29, 0.717) is 6.42 Å². The number of aliphatic hydroxyl groups is 2. The van der Waals surface area contributed by atoms with E-state index in [1.54, 1.807) is 19.9 Å². The Kier molecular flexibility index (Phi) is 3.28. The minimum Gasteiger partial charge on any atom is -0.513 e. The Bertz CT molecular complexity index is 80.5. The van der Waals surface area contributed by atoms with Gasteiger partial charge in [0.05, 0.1) is 11.9 Å². The minimum atomic E-state index is -0.350. The highest BCUT2D eigenvalue weighted by Crippen LogP contribution is 1.93. The molecule has 0 aromatic rings. The lowest BCUT2D eigenvalue weighted by molar-refractivity contribution is 0.197. The van der Waals surface area contributed by atoms with Crippen LogP contribution in [0.15, 0.2) is 11.8 Å². The third kappa shape index (κ3) is 5.50. The van der Waals surface area contributed by atoms with Crippen molar-refractivity contribution in [3.63, 3.8) is 0 Å². The highest BCUT2D eigenvalue weighted by Gasteiger charge is 1.89. The lowest BCUT2D eigenvalue weighted by Crippen LogP contribution is -1.95. The number of aliphatic hydroxyl groups excluding tert-OH is 2. The molecule has 0 radical (unpaired) electrons. The summed E-state index contributed by atoms with van der Waals surface area (Å²) in [7, 11) is 0. The van der Waals surface area contributed by atoms with Crippen LogP contribution in [0.3, 0.4) is 0 Å². The lowest BCUT2D eigenvalue weighted by Gasteiger charge is -1.95. The maximum atomic E-state index is 8.65. The second-order valence-electron chi connectivity index (χ2n) is 1.93. The van der Waals surface area contributed by atoms with E-state index in [0.717, 1.165) is 0 Å². The molecule has 0 aliphatic carbocycles. The summed E-state index contributed by atoms with van der Waals surface area (Å²) < 4.78 is 0. The van der Waals surface area contributed by atoms with Crippen molar-refractivity contribution in [1.82, 2.24) is 0 Å². The van der Waals surface area contributed by atoms with Crippen LogP contribution < -0.4 is 0 Å². The molecule has 1 unspecified atom stereocenters. The molecule has 0 amide bonds. The van der Waals surface area contributed by atoms with Crippen LogP contribution in [-0.4, -0.2) is 16.3 Å². The summed E-state index contributed by atoms with van der Waals surface area (Å²) in [6.07, 6.45) is 1.77. The Balaban J connectivity index is 3.29. The standard InChI is InChI=1S/C6H12O2/c1-5(7)3-4-6(2)8/h3,6-8H,4H2,1-2H3/b5-3-. The summed E-state index contributed by atoms with van der Waals surface area (Å²) >= 11 is 0. The zero-order valence-corrected chi connectivity index (χ0v) is 5.26. The van der Waals surface area contributed by atoms with Gasteiger partial charge in [0, 0.05) is 0 Å². The van der Waals surface area contributed by atoms with Gasteiger partial charge in [0.25, 0.3) is 0 Å². The van der Waals surface area contributed by atoms with Gasteiger partial charge in [-0.1, -0.05) is 0 Å². The Morgan fingerprint density at radius 2 is 2.25 bits per heavy atom. The molecule has 0 saturated carbocycles. The maximum absolute atomic E-state index is 8.65. The Labute approximate surface area is 49.5 Å². The first-order valence-corrected chi connectivity index (χ1v) is 2.66. The first-order chi connectivity index (χ1) is 3.63. The molecule has 2 heteroatoms. The number of hydrogen-bond donors (Lipinski definition) is 2. The fraction of sp³-hybridized carbons (Fsp3) is 0.667. The lowest BCUT2D eigenvalue weighted by atomic mass is 10.2. The van der Waals surface area contributed by atoms with E-state index in [9.17, 15) is 0 Å². The molecule has 0 aliphatic rings. The Morgan fingerprint density at radius 3 is 2.38 bits per heavy atom. The smallest absolute Gasteiger partial charge is 0.0852 e. The van der Waals surface area contributed by atoms with E-state index < -0.39 is 0 Å². The molecule has 1 atom stereocenters. The summed E-state index contributed by atoms with van der Waals surface area (Å²) in [5.74, 6) is 0.269. The molecule has 0 rings (SSSR count). The van der Waals surface area contributed by atoms with Crippen LogP contribution in [0.25, 0.3) is 0 Å². The van der Waals surface area contributed by atoms with Gasteiger partial charge >= 0.3 is 0 Å². The fourth-order valence-electron chi connectivity index (χ4n) is 0.341. The second-order valence-corrected chi connectivity index (χ2v) is 1.93. The minimum absolute atomic E-state index is 0.269. The van der Waals surface area contributed by atoms with Crippen molar-refractivity contribution in [2.45, 2.75) is 26.4 Å². The van der Waals surface area contributed by atoms with Gasteiger partial charge in [0.2, 0.25) is 0 Å². The molecule has 2 nitrogen and oxygen atoms in total. The van der Waals surface area contributed by atoms with E-state index in [2.05, 4.69) is 0 Å². The zero-order valence-electron chi connectivity index (χ0n) is 5.26. The van der Waals surface area contributed by atoms with Gasteiger partial charge in [0.1, 0.15) is 0 Å². The summed E-state index contributed by atoms with van der Waals surface area (Å²) in [6.45, 7) is 3.27. The maximum Gasteiger partial charge on any atom is 0.0852 e. The molecule has 8 heavy (non-hydrogen) atoms. The molecular formula is C6H12O2. The van der Waals surface area contributed by atoms with E-state index >= 15 is 0 Å². The van der Waals surface area contributed by atoms with Crippen molar-refractivity contribution >= 4 is 0 Å². The third-order valence-corrected chi connectivity index (χ3v) is 0.754. The molecule has 0 heterocycles. The van der Waals surface area contributed by atoms with Crippen LogP contribution in [-0.2, 0) is 0 Å². The van der Waals surface area contributed by atoms with E-state index in [-0.39, 0.29) is 11.9 Å². The van der Waals surface area contributed by atoms with Crippen LogP contribution in [0, 0.1) is 0 Å². The SMILES string of the molecule is C/C(O)=C/CC(C)O. The molecule has 0 spiro atoms. The topological polar surface area (TPSA) is 40.5 Å². The van der Waals surface area contributed by atoms with Crippen molar-refractivity contribution < 1.29 is 10.2 Å². The van der Waals surface area contributed by atoms with Gasteiger partial charge in [-0.2, -0.15) is 0 Å². The van der Waals surface area contributed by atoms with Crippen LogP contribution in [0.2, 0.25) is 0 Å². The fourth-order valence-corrected chi connectivity index (χ4v) is 0.341. The predicted molar refractivity (Wildman–Crippen MR) is 32.7 cm³/mol. The van der Waals surface area contributed by atoms with Crippen molar-refractivity contribution in [2.24, 2.45) is 0 Å². The quantitative estimate of drug-likeness (QED) is 0.532. The first kappa shape index (κ1) is 7.50. The summed E-state index contributed by atoms with van der Waals surface area (Å²) in [5.41, 5.74) is 0. The van der Waals surface area contributed by atoms with Crippen LogP contribution >= 0.6 is 0 Å². The molecule has 0 fully saturated rings. The average Bonchev–Trinajstić information content (AvgIpc) is 1.61. The Morgan fingerprint density at radius 1 is 1.75 bits per heavy atom. The average molecular weight is 116 g/mol. The molecule has 2 N–H and O–H groups in total. The predicted octanol–water partition coefficient (Wildman–Crippen LogP) is 1.22. The van der Waals surface area contributed by atoms with Crippen molar-refractivity contribution in [1.29, 1.82) is 0 Å². The van der Waals surface area contributed by atoms with Gasteiger partial charge < -0.3 is 10.2 Å². The van der Waals surface area contributed by atoms with Crippen molar-refractivity contribution in [3.8, 4) is 0 Å². The van der Waals surface area contributed by atoms with Gasteiger partial charge in [-0.05, 0) is 26.3 Å². The molecular weight excluding hydrogens is 104 g/mol. The number of hydrogen-bond acceptors (Lipinski definition) is 2. The Hall–Kier alpha value is -0.500. The van der Waals surface area contributed by atoms with E-state index in [1.807, 2.05) is 0 Å². The van der Waals surface area contributed by atoms with Gasteiger partial charge in [-0.25, -0.2) is 0 Å². The van der Waals surface area contributed by atoms with Gasteiger partial charge in [-0.3, -0.25) is 0 Å². The molecule has 0 aliphatic heterocycles. The largest absolute Gasteiger partial charge is 0.513 e. The molecule has 0 bridgehead atoms. The zero-order chi connectivity index (χ0) is 6.57. The second kappa shape index (κ2) is 3.50. The third-order valence-electron chi connectivity index (χ3n) is 0.754. The first-order valence-electron chi connectivity index (χ1n) is 2.66. The highest BCUT2D eigenvalue weighted by molar-refractivity contribution is 4.86. The van der Waals surface area contributed by atoms with E-state index in [4.69, 9.17) is 10.2 Å². The van der Waals surface area contributed by atoms with Crippen LogP contribution in [0.4, 0.5) is 0 Å². The summed E-state index contributed by atoms with van der Waals surface area (Å²) in [6, 6.07) is 0. The van der Waals surface area contributed by atoms with Crippen LogP contribution in [0.5, 0.6) is 0 Å². The van der Waals surface area contributed by atoms with Crippen molar-refractivity contribution in [2.75, 3.05) is 0 Å². The normalized spacial score (nSPS) is 16.1. The van der Waals surface area contributed by atoms with Crippen molar-refractivity contribution in [3.05, 3.63) is 11.8 Å².